The molecule has 0 radical (unpaired) electrons. The molecule has 18 heavy (non-hydrogen) atoms. The topological polar surface area (TPSA) is 30.2 Å². The van der Waals surface area contributed by atoms with Gasteiger partial charge >= 0.3 is 0 Å². The van der Waals surface area contributed by atoms with Crippen LogP contribution in [0.1, 0.15) is 43.6 Å². The second kappa shape index (κ2) is 4.45. The van der Waals surface area contributed by atoms with Crippen molar-refractivity contribution in [3.63, 3.8) is 0 Å². The number of furan rings is 1. The summed E-state index contributed by atoms with van der Waals surface area (Å²) in [7, 11) is 0. The number of rotatable bonds is 2. The lowest BCUT2D eigenvalue weighted by molar-refractivity contribution is 0.101. The molecule has 2 heteroatoms. The van der Waals surface area contributed by atoms with Gasteiger partial charge in [-0.2, -0.15) is 0 Å². The number of benzene rings is 1. The zero-order valence-corrected chi connectivity index (χ0v) is 11.3. The van der Waals surface area contributed by atoms with E-state index < -0.39 is 0 Å². The summed E-state index contributed by atoms with van der Waals surface area (Å²) in [6.07, 6.45) is 1.67. The van der Waals surface area contributed by atoms with Gasteiger partial charge in [-0.3, -0.25) is 4.79 Å². The van der Waals surface area contributed by atoms with Crippen LogP contribution in [0.25, 0.3) is 11.3 Å². The van der Waals surface area contributed by atoms with Crippen LogP contribution < -0.4 is 0 Å². The van der Waals surface area contributed by atoms with Crippen LogP contribution >= 0.6 is 0 Å². The average molecular weight is 242 g/mol. The molecule has 0 fully saturated rings. The predicted molar refractivity (Wildman–Crippen MR) is 72.8 cm³/mol. The van der Waals surface area contributed by atoms with Crippen LogP contribution in [0.15, 0.2) is 41.0 Å². The van der Waals surface area contributed by atoms with Gasteiger partial charge in [-0.1, -0.05) is 32.9 Å². The number of Topliss-reactive ketones (excluding diaryl/α,β-unsaturated/α-hetero) is 1. The fourth-order valence-electron chi connectivity index (χ4n) is 2.03. The minimum Gasteiger partial charge on any atom is -0.464 e. The fourth-order valence-corrected chi connectivity index (χ4v) is 2.03. The first-order valence-electron chi connectivity index (χ1n) is 6.09. The van der Waals surface area contributed by atoms with Gasteiger partial charge in [0.2, 0.25) is 0 Å². The van der Waals surface area contributed by atoms with Gasteiger partial charge < -0.3 is 4.42 Å². The van der Waals surface area contributed by atoms with E-state index in [2.05, 4.69) is 20.8 Å². The summed E-state index contributed by atoms with van der Waals surface area (Å²) in [5.41, 5.74) is 2.89. The molecule has 0 saturated carbocycles. The zero-order chi connectivity index (χ0) is 13.3. The Morgan fingerprint density at radius 3 is 2.39 bits per heavy atom. The lowest BCUT2D eigenvalue weighted by Crippen LogP contribution is -2.13. The summed E-state index contributed by atoms with van der Waals surface area (Å²) in [6, 6.07) is 9.62. The maximum absolute atomic E-state index is 11.5. The van der Waals surface area contributed by atoms with Crippen molar-refractivity contribution < 1.29 is 9.21 Å². The molecule has 0 amide bonds. The lowest BCUT2D eigenvalue weighted by Gasteiger charge is -2.22. The summed E-state index contributed by atoms with van der Waals surface area (Å²) in [5, 5.41) is 0. The molecule has 1 heterocycles. The van der Waals surface area contributed by atoms with Crippen LogP contribution in [-0.2, 0) is 5.41 Å². The number of hydrogen-bond donors (Lipinski definition) is 0. The molecular weight excluding hydrogens is 224 g/mol. The zero-order valence-electron chi connectivity index (χ0n) is 11.3. The van der Waals surface area contributed by atoms with Crippen LogP contribution in [0.4, 0.5) is 0 Å². The van der Waals surface area contributed by atoms with Crippen LogP contribution in [0.3, 0.4) is 0 Å². The molecule has 2 rings (SSSR count). The molecule has 0 bridgehead atoms. The van der Waals surface area contributed by atoms with E-state index in [1.165, 1.54) is 0 Å². The molecule has 0 spiro atoms. The number of carbonyl (C=O) groups is 1. The van der Waals surface area contributed by atoms with Crippen LogP contribution in [0, 0.1) is 0 Å². The third-order valence-corrected chi connectivity index (χ3v) is 3.02. The van der Waals surface area contributed by atoms with Gasteiger partial charge in [0.1, 0.15) is 5.76 Å². The van der Waals surface area contributed by atoms with Crippen molar-refractivity contribution in [3.8, 4) is 11.3 Å². The Bertz CT molecular complexity index is 557. The number of hydrogen-bond acceptors (Lipinski definition) is 2. The third-order valence-electron chi connectivity index (χ3n) is 3.02. The molecule has 2 nitrogen and oxygen atoms in total. The van der Waals surface area contributed by atoms with Crippen molar-refractivity contribution in [1.82, 2.24) is 0 Å². The highest BCUT2D eigenvalue weighted by Crippen LogP contribution is 2.34. The van der Waals surface area contributed by atoms with Crippen molar-refractivity contribution in [2.45, 2.75) is 33.1 Å². The Labute approximate surface area is 108 Å². The molecule has 0 N–H and O–H groups in total. The molecule has 1 aromatic heterocycles. The second-order valence-corrected chi connectivity index (χ2v) is 5.54. The quantitative estimate of drug-likeness (QED) is 0.728. The first-order chi connectivity index (χ1) is 8.39. The highest BCUT2D eigenvalue weighted by molar-refractivity contribution is 5.95. The molecule has 0 aliphatic rings. The lowest BCUT2D eigenvalue weighted by atomic mass is 9.82. The summed E-state index contributed by atoms with van der Waals surface area (Å²) >= 11 is 0. The van der Waals surface area contributed by atoms with Gasteiger partial charge in [0, 0.05) is 11.1 Å². The van der Waals surface area contributed by atoms with Gasteiger partial charge in [0.25, 0.3) is 0 Å². The largest absolute Gasteiger partial charge is 0.464 e. The molecule has 0 unspecified atom stereocenters. The molecule has 2 aromatic rings. The van der Waals surface area contributed by atoms with Crippen LogP contribution in [0.5, 0.6) is 0 Å². The van der Waals surface area contributed by atoms with Crippen molar-refractivity contribution in [2.24, 2.45) is 0 Å². The third kappa shape index (κ3) is 2.37. The average Bonchev–Trinajstić information content (AvgIpc) is 2.80. The summed E-state index contributed by atoms with van der Waals surface area (Å²) in [6.45, 7) is 8.00. The van der Waals surface area contributed by atoms with E-state index in [0.717, 1.165) is 22.5 Å². The Hall–Kier alpha value is -1.83. The van der Waals surface area contributed by atoms with Crippen LogP contribution in [0.2, 0.25) is 0 Å². The minimum atomic E-state index is -0.0341. The highest BCUT2D eigenvalue weighted by Gasteiger charge is 2.21. The first kappa shape index (κ1) is 12.6. The van der Waals surface area contributed by atoms with E-state index in [1.54, 1.807) is 13.2 Å². The van der Waals surface area contributed by atoms with Gasteiger partial charge in [0.05, 0.1) is 6.26 Å². The van der Waals surface area contributed by atoms with Crippen molar-refractivity contribution in [2.75, 3.05) is 0 Å². The van der Waals surface area contributed by atoms with Gasteiger partial charge in [-0.15, -0.1) is 0 Å². The molecule has 0 saturated heterocycles. The van der Waals surface area contributed by atoms with Gasteiger partial charge in [0.15, 0.2) is 5.78 Å². The van der Waals surface area contributed by atoms with E-state index >= 15 is 0 Å². The number of carbonyl (C=O) groups excluding carboxylic acids is 1. The minimum absolute atomic E-state index is 0.0341. The number of ketones is 1. The van der Waals surface area contributed by atoms with Crippen LogP contribution in [-0.4, -0.2) is 5.78 Å². The summed E-state index contributed by atoms with van der Waals surface area (Å²) < 4.78 is 5.47. The normalized spacial score (nSPS) is 11.6. The maximum Gasteiger partial charge on any atom is 0.159 e. The van der Waals surface area contributed by atoms with E-state index in [4.69, 9.17) is 4.42 Å². The molecule has 0 atom stereocenters. The van der Waals surface area contributed by atoms with E-state index in [9.17, 15) is 4.79 Å². The predicted octanol–water partition coefficient (Wildman–Crippen LogP) is 4.45. The molecular formula is C16H18O2. The first-order valence-corrected chi connectivity index (χ1v) is 6.09. The van der Waals surface area contributed by atoms with Gasteiger partial charge in [-0.05, 0) is 36.1 Å². The Balaban J connectivity index is 2.64. The monoisotopic (exact) mass is 242 g/mol. The highest BCUT2D eigenvalue weighted by atomic mass is 16.3. The molecule has 0 aliphatic heterocycles. The van der Waals surface area contributed by atoms with Crippen molar-refractivity contribution in [3.05, 3.63) is 47.7 Å². The Morgan fingerprint density at radius 2 is 1.89 bits per heavy atom. The fraction of sp³-hybridized carbons (Fsp3) is 0.312. The summed E-state index contributed by atoms with van der Waals surface area (Å²) in [5.74, 6) is 0.932. The maximum atomic E-state index is 11.5. The Morgan fingerprint density at radius 1 is 1.17 bits per heavy atom. The standard InChI is InChI=1S/C16H18O2/c1-11(17)12-7-8-13(15-6-5-9-18-15)14(10-12)16(2,3)4/h5-10H,1-4H3. The van der Waals surface area contributed by atoms with Crippen molar-refractivity contribution >= 4 is 5.78 Å². The van der Waals surface area contributed by atoms with E-state index in [1.807, 2.05) is 30.3 Å². The summed E-state index contributed by atoms with van der Waals surface area (Å²) in [4.78, 5) is 11.5. The van der Waals surface area contributed by atoms with Gasteiger partial charge in [-0.25, -0.2) is 0 Å². The molecule has 1 aromatic carbocycles. The molecule has 0 aliphatic carbocycles. The van der Waals surface area contributed by atoms with E-state index in [0.29, 0.717) is 0 Å². The molecule has 94 valence electrons. The van der Waals surface area contributed by atoms with E-state index in [-0.39, 0.29) is 11.2 Å². The smallest absolute Gasteiger partial charge is 0.159 e. The second-order valence-electron chi connectivity index (χ2n) is 5.54. The van der Waals surface area contributed by atoms with Crippen molar-refractivity contribution in [1.29, 1.82) is 0 Å². The Kier molecular flexibility index (Phi) is 3.12. The SMILES string of the molecule is CC(=O)c1ccc(-c2ccco2)c(C(C)(C)C)c1.